The number of nitrogens with zero attached hydrogens (tertiary/aromatic N) is 1. The minimum Gasteiger partial charge on any atom is -0.497 e. The first-order valence-electron chi connectivity index (χ1n) is 7.34. The fraction of sp³-hybridized carbons (Fsp3) is 0.562. The van der Waals surface area contributed by atoms with E-state index in [2.05, 4.69) is 10.2 Å². The summed E-state index contributed by atoms with van der Waals surface area (Å²) in [5, 5.41) is 2.95. The van der Waals surface area contributed by atoms with E-state index in [9.17, 15) is 4.79 Å². The number of methoxy groups -OCH3 is 1. The topological polar surface area (TPSA) is 50.8 Å². The van der Waals surface area contributed by atoms with Crippen molar-refractivity contribution in [2.24, 2.45) is 0 Å². The third-order valence-electron chi connectivity index (χ3n) is 3.49. The molecule has 1 aliphatic heterocycles. The molecule has 1 aromatic rings. The van der Waals surface area contributed by atoms with Crippen LogP contribution >= 0.6 is 0 Å². The molecule has 5 heteroatoms. The van der Waals surface area contributed by atoms with Gasteiger partial charge in [0.25, 0.3) is 0 Å². The van der Waals surface area contributed by atoms with E-state index in [1.165, 1.54) is 0 Å². The second-order valence-electron chi connectivity index (χ2n) is 5.58. The summed E-state index contributed by atoms with van der Waals surface area (Å²) in [6, 6.07) is 7.72. The van der Waals surface area contributed by atoms with Crippen LogP contribution in [0.25, 0.3) is 0 Å². The van der Waals surface area contributed by atoms with Crippen molar-refractivity contribution in [3.63, 3.8) is 0 Å². The van der Waals surface area contributed by atoms with Crippen LogP contribution in [0.5, 0.6) is 5.75 Å². The van der Waals surface area contributed by atoms with Gasteiger partial charge in [0.2, 0.25) is 5.91 Å². The number of carbonyl (C=O) groups is 1. The highest BCUT2D eigenvalue weighted by atomic mass is 16.5. The van der Waals surface area contributed by atoms with Crippen molar-refractivity contribution in [2.45, 2.75) is 32.6 Å². The van der Waals surface area contributed by atoms with Gasteiger partial charge in [0.15, 0.2) is 0 Å². The predicted octanol–water partition coefficient (Wildman–Crippen LogP) is 1.42. The Morgan fingerprint density at radius 3 is 2.76 bits per heavy atom. The van der Waals surface area contributed by atoms with Gasteiger partial charge in [-0.1, -0.05) is 12.1 Å². The Balaban J connectivity index is 1.79. The highest BCUT2D eigenvalue weighted by molar-refractivity contribution is 5.78. The number of rotatable bonds is 5. The van der Waals surface area contributed by atoms with Gasteiger partial charge < -0.3 is 14.8 Å². The van der Waals surface area contributed by atoms with Crippen LogP contribution in [-0.4, -0.2) is 49.8 Å². The van der Waals surface area contributed by atoms with E-state index in [1.54, 1.807) is 7.11 Å². The van der Waals surface area contributed by atoms with Crippen LogP contribution < -0.4 is 10.1 Å². The Bertz CT molecular complexity index is 468. The zero-order valence-corrected chi connectivity index (χ0v) is 13.0. The van der Waals surface area contributed by atoms with Gasteiger partial charge in [-0.05, 0) is 31.5 Å². The number of hydrogen-bond donors (Lipinski definition) is 1. The monoisotopic (exact) mass is 292 g/mol. The summed E-state index contributed by atoms with van der Waals surface area (Å²) in [7, 11) is 1.64. The summed E-state index contributed by atoms with van der Waals surface area (Å²) in [6.07, 6.45) is 0.361. The molecule has 116 valence electrons. The number of amides is 1. The zero-order valence-electron chi connectivity index (χ0n) is 13.0. The van der Waals surface area contributed by atoms with Crippen LogP contribution in [0.1, 0.15) is 19.4 Å². The fourth-order valence-corrected chi connectivity index (χ4v) is 2.66. The molecule has 0 aromatic heterocycles. The molecule has 1 heterocycles. The first kappa shape index (κ1) is 15.8. The number of nitrogens with one attached hydrogen (secondary N) is 1. The molecule has 2 rings (SSSR count). The van der Waals surface area contributed by atoms with Crippen molar-refractivity contribution in [2.75, 3.05) is 26.7 Å². The molecule has 0 bridgehead atoms. The maximum atomic E-state index is 12.0. The Hall–Kier alpha value is -1.59. The molecular weight excluding hydrogens is 268 g/mol. The lowest BCUT2D eigenvalue weighted by Crippen LogP contribution is -2.49. The molecule has 0 radical (unpaired) electrons. The van der Waals surface area contributed by atoms with Crippen LogP contribution in [0.3, 0.4) is 0 Å². The molecule has 21 heavy (non-hydrogen) atoms. The highest BCUT2D eigenvalue weighted by Crippen LogP contribution is 2.12. The lowest BCUT2D eigenvalue weighted by Gasteiger charge is -2.34. The molecular formula is C16H24N2O3. The average molecular weight is 292 g/mol. The summed E-state index contributed by atoms with van der Waals surface area (Å²) in [4.78, 5) is 14.2. The normalized spacial score (nSPS) is 22.8. The molecule has 1 aromatic carbocycles. The Morgan fingerprint density at radius 1 is 1.38 bits per heavy atom. The van der Waals surface area contributed by atoms with Crippen molar-refractivity contribution in [1.29, 1.82) is 0 Å². The third kappa shape index (κ3) is 5.02. The molecule has 1 fully saturated rings. The van der Waals surface area contributed by atoms with Gasteiger partial charge in [-0.25, -0.2) is 0 Å². The van der Waals surface area contributed by atoms with Crippen LogP contribution in [0.4, 0.5) is 0 Å². The lowest BCUT2D eigenvalue weighted by molar-refractivity contribution is -0.126. The third-order valence-corrected chi connectivity index (χ3v) is 3.49. The van der Waals surface area contributed by atoms with E-state index in [1.807, 2.05) is 38.1 Å². The Labute approximate surface area is 126 Å². The average Bonchev–Trinajstić information content (AvgIpc) is 2.44. The number of carbonyl (C=O) groups excluding carboxylic acids is 1. The SMILES string of the molecule is COc1cccc(CNC(=O)CN2CC(C)OC(C)C2)c1. The van der Waals surface area contributed by atoms with Crippen LogP contribution in [0.15, 0.2) is 24.3 Å². The molecule has 1 amide bonds. The van der Waals surface area contributed by atoms with Crippen LogP contribution in [-0.2, 0) is 16.1 Å². The highest BCUT2D eigenvalue weighted by Gasteiger charge is 2.23. The van der Waals surface area contributed by atoms with E-state index in [4.69, 9.17) is 9.47 Å². The molecule has 0 aliphatic carbocycles. The minimum atomic E-state index is 0.0409. The largest absolute Gasteiger partial charge is 0.497 e. The smallest absolute Gasteiger partial charge is 0.234 e. The van der Waals surface area contributed by atoms with Gasteiger partial charge in [0.05, 0.1) is 25.9 Å². The molecule has 1 saturated heterocycles. The van der Waals surface area contributed by atoms with Crippen molar-refractivity contribution in [1.82, 2.24) is 10.2 Å². The Kier molecular flexibility index (Phi) is 5.59. The lowest BCUT2D eigenvalue weighted by atomic mass is 10.2. The van der Waals surface area contributed by atoms with Gasteiger partial charge >= 0.3 is 0 Å². The van der Waals surface area contributed by atoms with E-state index < -0.39 is 0 Å². The Morgan fingerprint density at radius 2 is 2.10 bits per heavy atom. The van der Waals surface area contributed by atoms with Gasteiger partial charge in [-0.2, -0.15) is 0 Å². The van der Waals surface area contributed by atoms with Gasteiger partial charge in [-0.3, -0.25) is 9.69 Å². The molecule has 5 nitrogen and oxygen atoms in total. The first-order chi connectivity index (χ1) is 10.1. The van der Waals surface area contributed by atoms with Crippen molar-refractivity contribution >= 4 is 5.91 Å². The van der Waals surface area contributed by atoms with Gasteiger partial charge in [-0.15, -0.1) is 0 Å². The second kappa shape index (κ2) is 7.43. The molecule has 0 spiro atoms. The van der Waals surface area contributed by atoms with E-state index in [-0.39, 0.29) is 18.1 Å². The number of hydrogen-bond acceptors (Lipinski definition) is 4. The number of ether oxygens (including phenoxy) is 2. The molecule has 1 N–H and O–H groups in total. The van der Waals surface area contributed by atoms with E-state index in [0.29, 0.717) is 13.1 Å². The van der Waals surface area contributed by atoms with Crippen molar-refractivity contribution in [3.8, 4) is 5.75 Å². The maximum Gasteiger partial charge on any atom is 0.234 e. The fourth-order valence-electron chi connectivity index (χ4n) is 2.66. The van der Waals surface area contributed by atoms with E-state index >= 15 is 0 Å². The molecule has 2 atom stereocenters. The van der Waals surface area contributed by atoms with Crippen molar-refractivity contribution < 1.29 is 14.3 Å². The molecule has 0 saturated carbocycles. The number of benzene rings is 1. The van der Waals surface area contributed by atoms with Gasteiger partial charge in [0.1, 0.15) is 5.75 Å². The predicted molar refractivity (Wildman–Crippen MR) is 81.3 cm³/mol. The minimum absolute atomic E-state index is 0.0409. The first-order valence-corrected chi connectivity index (χ1v) is 7.34. The van der Waals surface area contributed by atoms with Crippen LogP contribution in [0, 0.1) is 0 Å². The summed E-state index contributed by atoms with van der Waals surface area (Å²) in [5.41, 5.74) is 1.03. The summed E-state index contributed by atoms with van der Waals surface area (Å²) >= 11 is 0. The molecule has 1 aliphatic rings. The number of morpholine rings is 1. The molecule has 2 unspecified atom stereocenters. The maximum absolute atomic E-state index is 12.0. The van der Waals surface area contributed by atoms with Crippen LogP contribution in [0.2, 0.25) is 0 Å². The summed E-state index contributed by atoms with van der Waals surface area (Å²) < 4.78 is 10.8. The summed E-state index contributed by atoms with van der Waals surface area (Å²) in [6.45, 7) is 6.62. The summed E-state index contributed by atoms with van der Waals surface area (Å²) in [5.74, 6) is 0.844. The van der Waals surface area contributed by atoms with Crippen molar-refractivity contribution in [3.05, 3.63) is 29.8 Å². The standard InChI is InChI=1S/C16H24N2O3/c1-12-9-18(10-13(2)21-12)11-16(19)17-8-14-5-4-6-15(7-14)20-3/h4-7,12-13H,8-11H2,1-3H3,(H,17,19). The van der Waals surface area contributed by atoms with E-state index in [0.717, 1.165) is 24.4 Å². The van der Waals surface area contributed by atoms with Gasteiger partial charge in [0, 0.05) is 19.6 Å². The zero-order chi connectivity index (χ0) is 15.2. The quantitative estimate of drug-likeness (QED) is 0.892. The second-order valence-corrected chi connectivity index (χ2v) is 5.58.